The van der Waals surface area contributed by atoms with Crippen LogP contribution in [0.2, 0.25) is 0 Å². The molecule has 2 nitrogen and oxygen atoms in total. The molecule has 1 aromatic carbocycles. The fraction of sp³-hybridized carbons (Fsp3) is 0.267. The van der Waals surface area contributed by atoms with E-state index in [0.29, 0.717) is 0 Å². The summed E-state index contributed by atoms with van der Waals surface area (Å²) in [4.78, 5) is 4.65. The van der Waals surface area contributed by atoms with Gasteiger partial charge in [0, 0.05) is 16.6 Å². The SMILES string of the molecule is CCc1nc(Cn2c(C)cc3ccccc32)cs1. The van der Waals surface area contributed by atoms with Gasteiger partial charge >= 0.3 is 0 Å². The lowest BCUT2D eigenvalue weighted by Gasteiger charge is -2.05. The summed E-state index contributed by atoms with van der Waals surface area (Å²) >= 11 is 1.76. The van der Waals surface area contributed by atoms with Gasteiger partial charge in [0.25, 0.3) is 0 Å². The Hall–Kier alpha value is -1.61. The number of aryl methyl sites for hydroxylation is 2. The lowest BCUT2D eigenvalue weighted by molar-refractivity contribution is 0.781. The van der Waals surface area contributed by atoms with Crippen molar-refractivity contribution in [2.24, 2.45) is 0 Å². The lowest BCUT2D eigenvalue weighted by Crippen LogP contribution is -2.01. The summed E-state index contributed by atoms with van der Waals surface area (Å²) in [5, 5.41) is 4.70. The average molecular weight is 256 g/mol. The van der Waals surface area contributed by atoms with Crippen LogP contribution >= 0.6 is 11.3 Å². The van der Waals surface area contributed by atoms with Crippen molar-refractivity contribution in [3.8, 4) is 0 Å². The second kappa shape index (κ2) is 4.58. The number of para-hydroxylation sites is 1. The highest BCUT2D eigenvalue weighted by Crippen LogP contribution is 2.21. The van der Waals surface area contributed by atoms with Crippen molar-refractivity contribution in [2.45, 2.75) is 26.8 Å². The Morgan fingerprint density at radius 2 is 2.11 bits per heavy atom. The molecule has 3 rings (SSSR count). The lowest BCUT2D eigenvalue weighted by atomic mass is 10.2. The van der Waals surface area contributed by atoms with Crippen molar-refractivity contribution in [3.63, 3.8) is 0 Å². The van der Waals surface area contributed by atoms with Crippen LogP contribution in [0.5, 0.6) is 0 Å². The zero-order chi connectivity index (χ0) is 12.5. The molecule has 0 bridgehead atoms. The highest BCUT2D eigenvalue weighted by atomic mass is 32.1. The second-order valence-electron chi connectivity index (χ2n) is 4.52. The maximum atomic E-state index is 4.65. The van der Waals surface area contributed by atoms with Gasteiger partial charge in [0.15, 0.2) is 0 Å². The molecule has 0 saturated heterocycles. The molecule has 0 aliphatic carbocycles. The molecule has 0 aliphatic heterocycles. The first-order chi connectivity index (χ1) is 8.78. The molecular formula is C15H16N2S. The van der Waals surface area contributed by atoms with Gasteiger partial charge in [-0.15, -0.1) is 11.3 Å². The molecule has 18 heavy (non-hydrogen) atoms. The molecule has 92 valence electrons. The largest absolute Gasteiger partial charge is 0.339 e. The van der Waals surface area contributed by atoms with Gasteiger partial charge in [-0.2, -0.15) is 0 Å². The summed E-state index contributed by atoms with van der Waals surface area (Å²) in [7, 11) is 0. The van der Waals surface area contributed by atoms with Crippen molar-refractivity contribution >= 4 is 22.2 Å². The molecule has 3 aromatic rings. The Balaban J connectivity index is 2.01. The average Bonchev–Trinajstić information content (AvgIpc) is 2.96. The number of rotatable bonds is 3. The van der Waals surface area contributed by atoms with E-state index in [1.165, 1.54) is 27.3 Å². The fourth-order valence-electron chi connectivity index (χ4n) is 2.30. The minimum Gasteiger partial charge on any atom is -0.339 e. The molecule has 0 atom stereocenters. The Kier molecular flexibility index (Phi) is 2.92. The summed E-state index contributed by atoms with van der Waals surface area (Å²) in [5.74, 6) is 0. The predicted octanol–water partition coefficient (Wildman–Crippen LogP) is 4.02. The summed E-state index contributed by atoms with van der Waals surface area (Å²) in [6.45, 7) is 5.18. The van der Waals surface area contributed by atoms with Gasteiger partial charge in [0.05, 0.1) is 17.2 Å². The zero-order valence-electron chi connectivity index (χ0n) is 10.7. The monoisotopic (exact) mass is 256 g/mol. The first-order valence-corrected chi connectivity index (χ1v) is 7.14. The van der Waals surface area contributed by atoms with Gasteiger partial charge in [-0.05, 0) is 30.9 Å². The summed E-state index contributed by atoms with van der Waals surface area (Å²) < 4.78 is 2.34. The van der Waals surface area contributed by atoms with Crippen molar-refractivity contribution in [1.29, 1.82) is 0 Å². The molecule has 0 unspecified atom stereocenters. The van der Waals surface area contributed by atoms with E-state index in [4.69, 9.17) is 0 Å². The number of hydrogen-bond acceptors (Lipinski definition) is 2. The topological polar surface area (TPSA) is 17.8 Å². The fourth-order valence-corrected chi connectivity index (χ4v) is 3.04. The smallest absolute Gasteiger partial charge is 0.0926 e. The Labute approximate surface area is 111 Å². The van der Waals surface area contributed by atoms with E-state index in [1.54, 1.807) is 11.3 Å². The molecule has 3 heteroatoms. The van der Waals surface area contributed by atoms with Crippen molar-refractivity contribution in [3.05, 3.63) is 52.1 Å². The molecule has 0 saturated carbocycles. The van der Waals surface area contributed by atoms with Gasteiger partial charge < -0.3 is 4.57 Å². The van der Waals surface area contributed by atoms with E-state index in [-0.39, 0.29) is 0 Å². The highest BCUT2D eigenvalue weighted by Gasteiger charge is 2.07. The number of fused-ring (bicyclic) bond motifs is 1. The molecule has 0 aliphatic rings. The standard InChI is InChI=1S/C15H16N2S/c1-3-15-16-13(10-18-15)9-17-11(2)8-12-6-4-5-7-14(12)17/h4-8,10H,3,9H2,1-2H3. The molecule has 0 radical (unpaired) electrons. The van der Waals surface area contributed by atoms with E-state index < -0.39 is 0 Å². The highest BCUT2D eigenvalue weighted by molar-refractivity contribution is 7.09. The van der Waals surface area contributed by atoms with Gasteiger partial charge in [-0.3, -0.25) is 0 Å². The molecule has 0 amide bonds. The van der Waals surface area contributed by atoms with Crippen LogP contribution in [0.4, 0.5) is 0 Å². The van der Waals surface area contributed by atoms with Crippen molar-refractivity contribution in [2.75, 3.05) is 0 Å². The van der Waals surface area contributed by atoms with E-state index in [2.05, 4.69) is 59.1 Å². The van der Waals surface area contributed by atoms with Gasteiger partial charge in [-0.25, -0.2) is 4.98 Å². The summed E-state index contributed by atoms with van der Waals surface area (Å²) in [6.07, 6.45) is 1.02. The van der Waals surface area contributed by atoms with Crippen LogP contribution in [0.3, 0.4) is 0 Å². The number of thiazole rings is 1. The van der Waals surface area contributed by atoms with Crippen LogP contribution < -0.4 is 0 Å². The Morgan fingerprint density at radius 3 is 2.89 bits per heavy atom. The third-order valence-electron chi connectivity index (χ3n) is 3.24. The number of aromatic nitrogens is 2. The Morgan fingerprint density at radius 1 is 1.28 bits per heavy atom. The first-order valence-electron chi connectivity index (χ1n) is 6.26. The summed E-state index contributed by atoms with van der Waals surface area (Å²) in [6, 6.07) is 10.8. The molecule has 0 spiro atoms. The third kappa shape index (κ3) is 1.95. The van der Waals surface area contributed by atoms with E-state index in [9.17, 15) is 0 Å². The van der Waals surface area contributed by atoms with Crippen LogP contribution in [0.15, 0.2) is 35.7 Å². The maximum Gasteiger partial charge on any atom is 0.0926 e. The second-order valence-corrected chi connectivity index (χ2v) is 5.46. The summed E-state index contributed by atoms with van der Waals surface area (Å²) in [5.41, 5.74) is 3.75. The molecule has 0 N–H and O–H groups in total. The van der Waals surface area contributed by atoms with Crippen molar-refractivity contribution in [1.82, 2.24) is 9.55 Å². The van der Waals surface area contributed by atoms with E-state index >= 15 is 0 Å². The molecular weight excluding hydrogens is 240 g/mol. The third-order valence-corrected chi connectivity index (χ3v) is 4.28. The number of hydrogen-bond donors (Lipinski definition) is 0. The Bertz CT molecular complexity index is 679. The van der Waals surface area contributed by atoms with Gasteiger partial charge in [0.2, 0.25) is 0 Å². The van der Waals surface area contributed by atoms with E-state index in [1.807, 2.05) is 0 Å². The first kappa shape index (κ1) is 11.5. The minimum atomic E-state index is 0.871. The van der Waals surface area contributed by atoms with Crippen LogP contribution in [0.1, 0.15) is 23.3 Å². The zero-order valence-corrected chi connectivity index (χ0v) is 11.5. The van der Waals surface area contributed by atoms with Gasteiger partial charge in [-0.1, -0.05) is 25.1 Å². The van der Waals surface area contributed by atoms with Gasteiger partial charge in [0.1, 0.15) is 0 Å². The van der Waals surface area contributed by atoms with Crippen molar-refractivity contribution < 1.29 is 0 Å². The van der Waals surface area contributed by atoms with Crippen LogP contribution in [0.25, 0.3) is 10.9 Å². The van der Waals surface area contributed by atoms with Crippen LogP contribution in [-0.2, 0) is 13.0 Å². The minimum absolute atomic E-state index is 0.871. The predicted molar refractivity (Wildman–Crippen MR) is 77.3 cm³/mol. The number of benzene rings is 1. The normalized spacial score (nSPS) is 11.2. The van der Waals surface area contributed by atoms with Crippen LogP contribution in [-0.4, -0.2) is 9.55 Å². The quantitative estimate of drug-likeness (QED) is 0.692. The maximum absolute atomic E-state index is 4.65. The molecule has 2 heterocycles. The van der Waals surface area contributed by atoms with Crippen LogP contribution in [0, 0.1) is 6.92 Å². The van der Waals surface area contributed by atoms with E-state index in [0.717, 1.165) is 13.0 Å². The molecule has 0 fully saturated rings. The molecule has 2 aromatic heterocycles. The number of nitrogens with zero attached hydrogens (tertiary/aromatic N) is 2.